The Balaban J connectivity index is 1.86. The number of H-pyrrole nitrogens is 1. The zero-order chi connectivity index (χ0) is 20.1. The molecule has 2 aliphatic heterocycles. The lowest BCUT2D eigenvalue weighted by Gasteiger charge is -2.11. The Morgan fingerprint density at radius 3 is 2.57 bits per heavy atom. The number of aromatic amines is 1. The van der Waals surface area contributed by atoms with Crippen molar-refractivity contribution in [1.82, 2.24) is 14.9 Å². The Bertz CT molecular complexity index is 1230. The smallest absolute Gasteiger partial charge is 0.360 e. The molecule has 0 bridgehead atoms. The molecular formula is C19H12F3N3O3. The second kappa shape index (κ2) is 6.22. The van der Waals surface area contributed by atoms with Crippen molar-refractivity contribution in [1.29, 1.82) is 0 Å². The molecular weight excluding hydrogens is 375 g/mol. The standard InChI is InChI=1S/C19H12F3N3O3/c1-10-7-12(19(20,21)22)8-13-15(10)23-9-14-16(13)24-25(17(14)26)28-18(27)11-5-3-2-4-6-11/h2-9,23H,1H3. The van der Waals surface area contributed by atoms with Gasteiger partial charge in [-0.2, -0.15) is 13.2 Å². The van der Waals surface area contributed by atoms with Gasteiger partial charge in [-0.1, -0.05) is 18.2 Å². The second-order valence-electron chi connectivity index (χ2n) is 6.19. The molecule has 142 valence electrons. The Hall–Kier alpha value is -3.62. The van der Waals surface area contributed by atoms with Gasteiger partial charge in [-0.25, -0.2) is 4.79 Å². The molecule has 0 aliphatic carbocycles. The summed E-state index contributed by atoms with van der Waals surface area (Å²) in [5, 5.41) is 4.05. The van der Waals surface area contributed by atoms with Crippen LogP contribution in [0.4, 0.5) is 13.2 Å². The van der Waals surface area contributed by atoms with Crippen LogP contribution in [0.15, 0.2) is 53.5 Å². The molecule has 0 saturated carbocycles. The highest BCUT2D eigenvalue weighted by Gasteiger charge is 2.32. The van der Waals surface area contributed by atoms with E-state index in [9.17, 15) is 22.8 Å². The number of rotatable bonds is 2. The maximum atomic E-state index is 13.2. The highest BCUT2D eigenvalue weighted by molar-refractivity contribution is 5.95. The Kier molecular flexibility index (Phi) is 3.95. The van der Waals surface area contributed by atoms with E-state index in [-0.39, 0.29) is 22.2 Å². The first-order chi connectivity index (χ1) is 13.3. The van der Waals surface area contributed by atoms with Gasteiger partial charge in [-0.3, -0.25) is 4.79 Å². The summed E-state index contributed by atoms with van der Waals surface area (Å²) in [5.41, 5.74) is -0.655. The van der Waals surface area contributed by atoms with Crippen molar-refractivity contribution < 1.29 is 22.8 Å². The first-order valence-corrected chi connectivity index (χ1v) is 8.15. The molecule has 0 amide bonds. The van der Waals surface area contributed by atoms with E-state index in [0.29, 0.717) is 15.9 Å². The van der Waals surface area contributed by atoms with Crippen molar-refractivity contribution in [3.05, 3.63) is 75.7 Å². The van der Waals surface area contributed by atoms with E-state index < -0.39 is 23.3 Å². The van der Waals surface area contributed by atoms with Gasteiger partial charge in [-0.15, -0.1) is 5.10 Å². The number of carbonyl (C=O) groups excluding carboxylic acids is 1. The van der Waals surface area contributed by atoms with Crippen LogP contribution in [0.5, 0.6) is 0 Å². The van der Waals surface area contributed by atoms with Gasteiger partial charge in [0.1, 0.15) is 5.69 Å². The average molecular weight is 387 g/mol. The molecule has 0 saturated heterocycles. The predicted octanol–water partition coefficient (Wildman–Crippen LogP) is 3.43. The summed E-state index contributed by atoms with van der Waals surface area (Å²) in [4.78, 5) is 33.0. The fraction of sp³-hybridized carbons (Fsp3) is 0.105. The summed E-state index contributed by atoms with van der Waals surface area (Å²) in [6.45, 7) is 1.52. The van der Waals surface area contributed by atoms with Crippen LogP contribution in [0.2, 0.25) is 0 Å². The number of nitrogens with zero attached hydrogens (tertiary/aromatic N) is 2. The van der Waals surface area contributed by atoms with E-state index in [1.165, 1.54) is 25.3 Å². The monoisotopic (exact) mass is 387 g/mol. The number of aromatic nitrogens is 3. The van der Waals surface area contributed by atoms with Crippen LogP contribution < -0.4 is 10.4 Å². The largest absolute Gasteiger partial charge is 0.416 e. The van der Waals surface area contributed by atoms with Crippen molar-refractivity contribution in [2.24, 2.45) is 0 Å². The van der Waals surface area contributed by atoms with Crippen molar-refractivity contribution in [3.63, 3.8) is 0 Å². The molecule has 0 fully saturated rings. The van der Waals surface area contributed by atoms with E-state index in [1.54, 1.807) is 18.2 Å². The van der Waals surface area contributed by atoms with Crippen LogP contribution in [0.1, 0.15) is 21.5 Å². The van der Waals surface area contributed by atoms with E-state index in [0.717, 1.165) is 12.1 Å². The number of hydrogen-bond donors (Lipinski definition) is 1. The van der Waals surface area contributed by atoms with Crippen molar-refractivity contribution in [3.8, 4) is 11.3 Å². The van der Waals surface area contributed by atoms with Gasteiger partial charge in [0.05, 0.1) is 22.2 Å². The van der Waals surface area contributed by atoms with Gasteiger partial charge in [0, 0.05) is 11.6 Å². The van der Waals surface area contributed by atoms with E-state index in [2.05, 4.69) is 10.1 Å². The van der Waals surface area contributed by atoms with Crippen LogP contribution in [-0.4, -0.2) is 20.9 Å². The lowest BCUT2D eigenvalue weighted by Crippen LogP contribution is -2.29. The molecule has 2 heterocycles. The second-order valence-corrected chi connectivity index (χ2v) is 6.19. The summed E-state index contributed by atoms with van der Waals surface area (Å²) in [5.74, 6) is -0.814. The number of alkyl halides is 3. The number of halogens is 3. The molecule has 0 radical (unpaired) electrons. The molecule has 1 N–H and O–H groups in total. The van der Waals surface area contributed by atoms with Crippen LogP contribution in [-0.2, 0) is 6.18 Å². The number of hydrogen-bond acceptors (Lipinski definition) is 4. The highest BCUT2D eigenvalue weighted by atomic mass is 19.4. The molecule has 9 heteroatoms. The summed E-state index contributed by atoms with van der Waals surface area (Å²) >= 11 is 0. The van der Waals surface area contributed by atoms with E-state index >= 15 is 0 Å². The Morgan fingerprint density at radius 1 is 1.18 bits per heavy atom. The molecule has 0 atom stereocenters. The molecule has 0 unspecified atom stereocenters. The lowest BCUT2D eigenvalue weighted by molar-refractivity contribution is -0.137. The number of pyridine rings is 1. The minimum atomic E-state index is -4.55. The van der Waals surface area contributed by atoms with Crippen LogP contribution >= 0.6 is 0 Å². The third-order valence-corrected chi connectivity index (χ3v) is 4.31. The zero-order valence-corrected chi connectivity index (χ0v) is 14.4. The molecule has 4 rings (SSSR count). The van der Waals surface area contributed by atoms with Gasteiger partial charge >= 0.3 is 17.7 Å². The van der Waals surface area contributed by atoms with Crippen molar-refractivity contribution in [2.45, 2.75) is 13.1 Å². The maximum absolute atomic E-state index is 13.2. The maximum Gasteiger partial charge on any atom is 0.416 e. The molecule has 0 aromatic heterocycles. The third kappa shape index (κ3) is 2.90. The molecule has 28 heavy (non-hydrogen) atoms. The summed E-state index contributed by atoms with van der Waals surface area (Å²) < 4.78 is 39.5. The van der Waals surface area contributed by atoms with E-state index in [1.807, 2.05) is 0 Å². The Morgan fingerprint density at radius 2 is 1.89 bits per heavy atom. The average Bonchev–Trinajstić information content (AvgIpc) is 2.98. The quantitative estimate of drug-likeness (QED) is 0.572. The molecule has 6 nitrogen and oxygen atoms in total. The minimum Gasteiger partial charge on any atom is -0.360 e. The summed E-state index contributed by atoms with van der Waals surface area (Å²) in [7, 11) is 0. The predicted molar refractivity (Wildman–Crippen MR) is 94.1 cm³/mol. The van der Waals surface area contributed by atoms with Gasteiger partial charge < -0.3 is 9.82 Å². The number of fused-ring (bicyclic) bond motifs is 3. The normalized spacial score (nSPS) is 11.9. The fourth-order valence-corrected chi connectivity index (χ4v) is 2.96. The fourth-order valence-electron chi connectivity index (χ4n) is 2.96. The molecule has 2 aromatic rings. The van der Waals surface area contributed by atoms with Crippen LogP contribution in [0, 0.1) is 6.92 Å². The number of aryl methyl sites for hydroxylation is 1. The van der Waals surface area contributed by atoms with Gasteiger partial charge in [-0.05, 0) is 41.6 Å². The zero-order valence-electron chi connectivity index (χ0n) is 14.4. The van der Waals surface area contributed by atoms with Crippen LogP contribution in [0.25, 0.3) is 22.2 Å². The lowest BCUT2D eigenvalue weighted by atomic mass is 10.0. The first kappa shape index (κ1) is 17.8. The summed E-state index contributed by atoms with van der Waals surface area (Å²) in [6, 6.07) is 9.87. The van der Waals surface area contributed by atoms with Crippen molar-refractivity contribution in [2.75, 3.05) is 0 Å². The first-order valence-electron chi connectivity index (χ1n) is 8.15. The Labute approximate surface area is 155 Å². The molecule has 2 aromatic carbocycles. The topological polar surface area (TPSA) is 77.0 Å². The molecule has 2 aliphatic rings. The van der Waals surface area contributed by atoms with Crippen molar-refractivity contribution >= 4 is 16.9 Å². The molecule has 0 spiro atoms. The highest BCUT2D eigenvalue weighted by Crippen LogP contribution is 2.35. The summed E-state index contributed by atoms with van der Waals surface area (Å²) in [6.07, 6.45) is -3.22. The van der Waals surface area contributed by atoms with Gasteiger partial charge in [0.15, 0.2) is 0 Å². The number of carbonyl (C=O) groups is 1. The number of nitrogens with one attached hydrogen (secondary N) is 1. The minimum absolute atomic E-state index is 0.00656. The number of benzene rings is 2. The SMILES string of the molecule is Cc1cc(C(F)(F)F)cc2c3nn(OC(=O)c4ccccc4)c(=O)c-3c[nH]c12. The van der Waals surface area contributed by atoms with Crippen LogP contribution in [0.3, 0.4) is 0 Å². The van der Waals surface area contributed by atoms with Gasteiger partial charge in [0.2, 0.25) is 0 Å². The van der Waals surface area contributed by atoms with Gasteiger partial charge in [0.25, 0.3) is 0 Å². The van der Waals surface area contributed by atoms with E-state index in [4.69, 9.17) is 4.84 Å². The third-order valence-electron chi connectivity index (χ3n) is 4.31.